The van der Waals surface area contributed by atoms with Gasteiger partial charge < -0.3 is 15.8 Å². The van der Waals surface area contributed by atoms with E-state index in [0.29, 0.717) is 17.4 Å². The summed E-state index contributed by atoms with van der Waals surface area (Å²) in [6.07, 6.45) is 0. The third-order valence-corrected chi connectivity index (χ3v) is 2.86. The van der Waals surface area contributed by atoms with Crippen molar-refractivity contribution in [1.29, 1.82) is 0 Å². The molecule has 0 fully saturated rings. The van der Waals surface area contributed by atoms with E-state index in [4.69, 9.17) is 10.5 Å². The molecule has 2 aromatic rings. The smallest absolute Gasteiger partial charge is 0.238 e. The highest BCUT2D eigenvalue weighted by Gasteiger charge is 2.03. The van der Waals surface area contributed by atoms with Crippen molar-refractivity contribution in [2.24, 2.45) is 0 Å². The molecule has 0 saturated carbocycles. The van der Waals surface area contributed by atoms with Crippen LogP contribution in [-0.4, -0.2) is 12.1 Å². The molecule has 0 bridgehead atoms. The van der Waals surface area contributed by atoms with Crippen LogP contribution in [0.2, 0.25) is 0 Å². The molecule has 0 amide bonds. The standard InChI is InChI=1S/C14H17N3O/c1-9-4-5-11(8-10(9)2)16-13-7-6-12(15)14(17-13)18-3/h4-8H,15H2,1-3H3,(H,16,17). The van der Waals surface area contributed by atoms with Crippen LogP contribution in [-0.2, 0) is 0 Å². The summed E-state index contributed by atoms with van der Waals surface area (Å²) < 4.78 is 5.09. The van der Waals surface area contributed by atoms with Crippen LogP contribution >= 0.6 is 0 Å². The summed E-state index contributed by atoms with van der Waals surface area (Å²) in [7, 11) is 1.55. The third kappa shape index (κ3) is 2.53. The summed E-state index contributed by atoms with van der Waals surface area (Å²) in [6.45, 7) is 4.17. The van der Waals surface area contributed by atoms with Gasteiger partial charge in [0.2, 0.25) is 5.88 Å². The molecule has 0 atom stereocenters. The summed E-state index contributed by atoms with van der Waals surface area (Å²) >= 11 is 0. The number of anilines is 3. The average Bonchev–Trinajstić information content (AvgIpc) is 2.36. The lowest BCUT2D eigenvalue weighted by molar-refractivity contribution is 0.401. The first-order valence-corrected chi connectivity index (χ1v) is 5.75. The zero-order chi connectivity index (χ0) is 13.1. The highest BCUT2D eigenvalue weighted by Crippen LogP contribution is 2.23. The fourth-order valence-electron chi connectivity index (χ4n) is 1.65. The van der Waals surface area contributed by atoms with Crippen molar-refractivity contribution in [3.63, 3.8) is 0 Å². The first-order valence-electron chi connectivity index (χ1n) is 5.75. The van der Waals surface area contributed by atoms with Crippen LogP contribution in [0.3, 0.4) is 0 Å². The van der Waals surface area contributed by atoms with Crippen molar-refractivity contribution in [1.82, 2.24) is 4.98 Å². The number of benzene rings is 1. The van der Waals surface area contributed by atoms with E-state index in [0.717, 1.165) is 5.69 Å². The molecule has 0 radical (unpaired) electrons. The van der Waals surface area contributed by atoms with Gasteiger partial charge in [-0.1, -0.05) is 6.07 Å². The Labute approximate surface area is 107 Å². The van der Waals surface area contributed by atoms with Crippen molar-refractivity contribution in [2.75, 3.05) is 18.2 Å². The highest BCUT2D eigenvalue weighted by atomic mass is 16.5. The van der Waals surface area contributed by atoms with Gasteiger partial charge in [0, 0.05) is 5.69 Å². The number of nitrogens with two attached hydrogens (primary N) is 1. The van der Waals surface area contributed by atoms with Crippen LogP contribution in [0.5, 0.6) is 5.88 Å². The van der Waals surface area contributed by atoms with Gasteiger partial charge in [0.1, 0.15) is 5.82 Å². The maximum atomic E-state index is 5.72. The summed E-state index contributed by atoms with van der Waals surface area (Å²) in [5.41, 5.74) is 9.76. The molecule has 0 aliphatic rings. The fraction of sp³-hybridized carbons (Fsp3) is 0.214. The summed E-state index contributed by atoms with van der Waals surface area (Å²) in [4.78, 5) is 4.28. The van der Waals surface area contributed by atoms with Gasteiger partial charge in [-0.3, -0.25) is 0 Å². The van der Waals surface area contributed by atoms with Crippen molar-refractivity contribution >= 4 is 17.2 Å². The molecule has 0 unspecified atom stereocenters. The SMILES string of the molecule is COc1nc(Nc2ccc(C)c(C)c2)ccc1N. The summed E-state index contributed by atoms with van der Waals surface area (Å²) in [5, 5.41) is 3.23. The van der Waals surface area contributed by atoms with Crippen LogP contribution in [0.15, 0.2) is 30.3 Å². The maximum Gasteiger partial charge on any atom is 0.238 e. The molecule has 0 saturated heterocycles. The maximum absolute atomic E-state index is 5.72. The number of hydrogen-bond acceptors (Lipinski definition) is 4. The lowest BCUT2D eigenvalue weighted by Gasteiger charge is -2.10. The van der Waals surface area contributed by atoms with Gasteiger partial charge in [0.25, 0.3) is 0 Å². The number of nitrogen functional groups attached to an aromatic ring is 1. The molecule has 3 N–H and O–H groups in total. The number of ether oxygens (including phenoxy) is 1. The van der Waals surface area contributed by atoms with E-state index >= 15 is 0 Å². The van der Waals surface area contributed by atoms with E-state index in [1.807, 2.05) is 12.1 Å². The van der Waals surface area contributed by atoms with Crippen LogP contribution < -0.4 is 15.8 Å². The Kier molecular flexibility index (Phi) is 3.37. The Morgan fingerprint density at radius 1 is 1.11 bits per heavy atom. The van der Waals surface area contributed by atoms with Crippen molar-refractivity contribution in [3.05, 3.63) is 41.5 Å². The molecule has 1 aromatic heterocycles. The van der Waals surface area contributed by atoms with E-state index in [1.54, 1.807) is 13.2 Å². The Balaban J connectivity index is 2.25. The normalized spacial score (nSPS) is 10.2. The molecular weight excluding hydrogens is 226 g/mol. The van der Waals surface area contributed by atoms with E-state index < -0.39 is 0 Å². The second-order valence-electron chi connectivity index (χ2n) is 4.22. The van der Waals surface area contributed by atoms with Crippen LogP contribution in [0.4, 0.5) is 17.2 Å². The largest absolute Gasteiger partial charge is 0.479 e. The molecule has 0 spiro atoms. The topological polar surface area (TPSA) is 60.2 Å². The number of rotatable bonds is 3. The Bertz CT molecular complexity index is 567. The number of aryl methyl sites for hydroxylation is 2. The number of nitrogens with one attached hydrogen (secondary N) is 1. The lowest BCUT2D eigenvalue weighted by Crippen LogP contribution is -1.99. The number of hydrogen-bond donors (Lipinski definition) is 2. The molecule has 0 aliphatic heterocycles. The molecule has 1 heterocycles. The van der Waals surface area contributed by atoms with Crippen molar-refractivity contribution in [2.45, 2.75) is 13.8 Å². The Morgan fingerprint density at radius 3 is 2.56 bits per heavy atom. The van der Waals surface area contributed by atoms with Crippen LogP contribution in [0.25, 0.3) is 0 Å². The molecule has 18 heavy (non-hydrogen) atoms. The van der Waals surface area contributed by atoms with Gasteiger partial charge in [0.05, 0.1) is 12.8 Å². The van der Waals surface area contributed by atoms with Crippen molar-refractivity contribution in [3.8, 4) is 5.88 Å². The molecular formula is C14H17N3O. The van der Waals surface area contributed by atoms with E-state index in [2.05, 4.69) is 36.3 Å². The van der Waals surface area contributed by atoms with Gasteiger partial charge in [-0.25, -0.2) is 0 Å². The predicted molar refractivity (Wildman–Crippen MR) is 74.4 cm³/mol. The molecule has 2 rings (SSSR count). The number of pyridine rings is 1. The van der Waals surface area contributed by atoms with Gasteiger partial charge >= 0.3 is 0 Å². The minimum absolute atomic E-state index is 0.434. The monoisotopic (exact) mass is 243 g/mol. The third-order valence-electron chi connectivity index (χ3n) is 2.86. The quantitative estimate of drug-likeness (QED) is 0.869. The minimum Gasteiger partial charge on any atom is -0.479 e. The number of methoxy groups -OCH3 is 1. The molecule has 0 aliphatic carbocycles. The summed E-state index contributed by atoms with van der Waals surface area (Å²) in [6, 6.07) is 9.78. The average molecular weight is 243 g/mol. The molecule has 4 nitrogen and oxygen atoms in total. The van der Waals surface area contributed by atoms with E-state index in [-0.39, 0.29) is 0 Å². The van der Waals surface area contributed by atoms with Crippen LogP contribution in [0, 0.1) is 13.8 Å². The van der Waals surface area contributed by atoms with E-state index in [1.165, 1.54) is 11.1 Å². The molecule has 1 aromatic carbocycles. The van der Waals surface area contributed by atoms with Gasteiger partial charge in [-0.15, -0.1) is 0 Å². The Hall–Kier alpha value is -2.23. The number of nitrogens with zero attached hydrogens (tertiary/aromatic N) is 1. The van der Waals surface area contributed by atoms with Crippen molar-refractivity contribution < 1.29 is 4.74 Å². The minimum atomic E-state index is 0.434. The molecule has 94 valence electrons. The zero-order valence-corrected chi connectivity index (χ0v) is 10.8. The van der Waals surface area contributed by atoms with Gasteiger partial charge in [0.15, 0.2) is 0 Å². The first-order chi connectivity index (χ1) is 8.60. The summed E-state index contributed by atoms with van der Waals surface area (Å²) in [5.74, 6) is 1.15. The van der Waals surface area contributed by atoms with Crippen LogP contribution in [0.1, 0.15) is 11.1 Å². The highest BCUT2D eigenvalue weighted by molar-refractivity contribution is 5.61. The first kappa shape index (κ1) is 12.2. The Morgan fingerprint density at radius 2 is 1.89 bits per heavy atom. The zero-order valence-electron chi connectivity index (χ0n) is 10.8. The van der Waals surface area contributed by atoms with E-state index in [9.17, 15) is 0 Å². The second kappa shape index (κ2) is 4.96. The predicted octanol–water partition coefficient (Wildman–Crippen LogP) is 3.03. The fourth-order valence-corrected chi connectivity index (χ4v) is 1.65. The lowest BCUT2D eigenvalue weighted by atomic mass is 10.1. The molecule has 4 heteroatoms. The second-order valence-corrected chi connectivity index (χ2v) is 4.22. The van der Waals surface area contributed by atoms with Gasteiger partial charge in [-0.2, -0.15) is 4.98 Å². The number of aromatic nitrogens is 1. The van der Waals surface area contributed by atoms with Gasteiger partial charge in [-0.05, 0) is 49.2 Å².